The van der Waals surface area contributed by atoms with Crippen molar-refractivity contribution in [2.45, 2.75) is 19.6 Å². The lowest BCUT2D eigenvalue weighted by atomic mass is 10.2. The fourth-order valence-electron chi connectivity index (χ4n) is 2.44. The Morgan fingerprint density at radius 3 is 2.67 bits per heavy atom. The van der Waals surface area contributed by atoms with Crippen molar-refractivity contribution in [3.05, 3.63) is 36.2 Å². The Bertz CT molecular complexity index is 911. The summed E-state index contributed by atoms with van der Waals surface area (Å²) in [4.78, 5) is 13.0. The second-order valence-corrected chi connectivity index (χ2v) is 5.52. The molecule has 0 amide bonds. The van der Waals surface area contributed by atoms with E-state index in [0.29, 0.717) is 42.6 Å². The van der Waals surface area contributed by atoms with Crippen LogP contribution in [-0.4, -0.2) is 32.6 Å². The molecule has 4 N–H and O–H groups in total. The monoisotopic (exact) mass is 401 g/mol. The van der Waals surface area contributed by atoms with Gasteiger partial charge in [0.05, 0.1) is 11.9 Å². The molecule has 0 aliphatic heterocycles. The summed E-state index contributed by atoms with van der Waals surface area (Å²) in [7, 11) is 0. The summed E-state index contributed by atoms with van der Waals surface area (Å²) in [6, 6.07) is 4.91. The van der Waals surface area contributed by atoms with Crippen LogP contribution in [0.3, 0.4) is 0 Å². The summed E-state index contributed by atoms with van der Waals surface area (Å²) in [5, 5.41) is 5.90. The topological polar surface area (TPSA) is 93.7 Å². The molecule has 3 rings (SSSR count). The highest BCUT2D eigenvalue weighted by atomic mass is 35.5. The summed E-state index contributed by atoms with van der Waals surface area (Å²) in [6.07, 6.45) is -2.81. The minimum Gasteiger partial charge on any atom is -0.353 e. The SMILES string of the molecule is CCn1cnc2c(Nc3cccc(C(F)(F)F)c3)nc(NCCN)nc21.Cl. The zero-order chi connectivity index (χ0) is 18.7. The van der Waals surface area contributed by atoms with Crippen molar-refractivity contribution in [2.75, 3.05) is 23.7 Å². The van der Waals surface area contributed by atoms with E-state index in [0.717, 1.165) is 12.1 Å². The number of aromatic nitrogens is 4. The molecule has 146 valence electrons. The van der Waals surface area contributed by atoms with Crippen molar-refractivity contribution >= 4 is 41.0 Å². The van der Waals surface area contributed by atoms with E-state index in [4.69, 9.17) is 5.73 Å². The zero-order valence-electron chi connectivity index (χ0n) is 14.4. The third-order valence-corrected chi connectivity index (χ3v) is 3.68. The Hall–Kier alpha value is -2.59. The molecule has 0 aliphatic carbocycles. The Morgan fingerprint density at radius 2 is 2.00 bits per heavy atom. The van der Waals surface area contributed by atoms with Gasteiger partial charge in [-0.1, -0.05) is 6.07 Å². The largest absolute Gasteiger partial charge is 0.416 e. The van der Waals surface area contributed by atoms with Gasteiger partial charge in [0.2, 0.25) is 5.95 Å². The molecule has 0 bridgehead atoms. The average molecular weight is 402 g/mol. The number of alkyl halides is 3. The lowest BCUT2D eigenvalue weighted by Gasteiger charge is -2.12. The number of hydrogen-bond acceptors (Lipinski definition) is 6. The first-order valence-corrected chi connectivity index (χ1v) is 8.03. The van der Waals surface area contributed by atoms with Crippen LogP contribution in [0.15, 0.2) is 30.6 Å². The number of imidazole rings is 1. The van der Waals surface area contributed by atoms with Crippen LogP contribution in [0.1, 0.15) is 12.5 Å². The van der Waals surface area contributed by atoms with Crippen molar-refractivity contribution in [3.8, 4) is 0 Å². The molecular weight excluding hydrogens is 383 g/mol. The molecule has 7 nitrogen and oxygen atoms in total. The number of halogens is 4. The lowest BCUT2D eigenvalue weighted by Crippen LogP contribution is -2.15. The van der Waals surface area contributed by atoms with Crippen molar-refractivity contribution in [2.24, 2.45) is 5.73 Å². The van der Waals surface area contributed by atoms with Gasteiger partial charge in [-0.2, -0.15) is 23.1 Å². The second-order valence-electron chi connectivity index (χ2n) is 5.52. The molecule has 0 saturated carbocycles. The van der Waals surface area contributed by atoms with Gasteiger partial charge in [0.25, 0.3) is 0 Å². The van der Waals surface area contributed by atoms with Gasteiger partial charge >= 0.3 is 6.18 Å². The van der Waals surface area contributed by atoms with E-state index < -0.39 is 11.7 Å². The third kappa shape index (κ3) is 4.58. The van der Waals surface area contributed by atoms with Crippen LogP contribution in [0.2, 0.25) is 0 Å². The molecule has 1 aromatic carbocycles. The predicted molar refractivity (Wildman–Crippen MR) is 101 cm³/mol. The maximum atomic E-state index is 12.9. The summed E-state index contributed by atoms with van der Waals surface area (Å²) in [6.45, 7) is 3.45. The Balaban J connectivity index is 0.00000261. The summed E-state index contributed by atoms with van der Waals surface area (Å²) < 4.78 is 40.6. The van der Waals surface area contributed by atoms with Gasteiger partial charge in [-0.25, -0.2) is 4.98 Å². The maximum absolute atomic E-state index is 12.9. The molecule has 11 heteroatoms. The van der Waals surface area contributed by atoms with Gasteiger partial charge in [-0.3, -0.25) is 0 Å². The number of benzene rings is 1. The van der Waals surface area contributed by atoms with E-state index in [2.05, 4.69) is 25.6 Å². The third-order valence-electron chi connectivity index (χ3n) is 3.68. The van der Waals surface area contributed by atoms with Crippen LogP contribution >= 0.6 is 12.4 Å². The Morgan fingerprint density at radius 1 is 1.22 bits per heavy atom. The standard InChI is InChI=1S/C16H18F3N7.ClH/c1-2-26-9-22-12-13(24-15(21-7-6-20)25-14(12)26)23-11-5-3-4-10(8-11)16(17,18)19;/h3-5,8-9H,2,6-7,20H2,1H3,(H2,21,23,24,25);1H. The first kappa shape index (κ1) is 20.7. The first-order chi connectivity index (χ1) is 12.4. The summed E-state index contributed by atoms with van der Waals surface area (Å²) >= 11 is 0. The summed E-state index contributed by atoms with van der Waals surface area (Å²) in [5.74, 6) is 0.647. The van der Waals surface area contributed by atoms with Crippen molar-refractivity contribution < 1.29 is 13.2 Å². The van der Waals surface area contributed by atoms with Crippen molar-refractivity contribution in [1.82, 2.24) is 19.5 Å². The minimum absolute atomic E-state index is 0. The Kier molecular flexibility index (Phi) is 6.45. The van der Waals surface area contributed by atoms with Crippen LogP contribution in [0.25, 0.3) is 11.2 Å². The minimum atomic E-state index is -4.42. The lowest BCUT2D eigenvalue weighted by molar-refractivity contribution is -0.137. The van der Waals surface area contributed by atoms with Gasteiger partial charge in [-0.05, 0) is 25.1 Å². The first-order valence-electron chi connectivity index (χ1n) is 8.03. The van der Waals surface area contributed by atoms with E-state index in [1.807, 2.05) is 11.5 Å². The number of nitrogens with one attached hydrogen (secondary N) is 2. The molecule has 3 aromatic rings. The van der Waals surface area contributed by atoms with E-state index in [1.165, 1.54) is 12.1 Å². The molecule has 0 aliphatic rings. The van der Waals surface area contributed by atoms with E-state index in [9.17, 15) is 13.2 Å². The van der Waals surface area contributed by atoms with E-state index in [-0.39, 0.29) is 18.1 Å². The number of fused-ring (bicyclic) bond motifs is 1. The molecule has 0 radical (unpaired) electrons. The van der Waals surface area contributed by atoms with Crippen LogP contribution in [0.5, 0.6) is 0 Å². The zero-order valence-corrected chi connectivity index (χ0v) is 15.2. The quantitative estimate of drug-likeness (QED) is 0.586. The fraction of sp³-hybridized carbons (Fsp3) is 0.312. The maximum Gasteiger partial charge on any atom is 0.416 e. The Labute approximate surface area is 159 Å². The molecule has 0 unspecified atom stereocenters. The molecule has 2 heterocycles. The normalized spacial score (nSPS) is 11.3. The molecule has 0 spiro atoms. The molecule has 27 heavy (non-hydrogen) atoms. The smallest absolute Gasteiger partial charge is 0.353 e. The van der Waals surface area contributed by atoms with Crippen LogP contribution in [0, 0.1) is 0 Å². The highest BCUT2D eigenvalue weighted by Crippen LogP contribution is 2.32. The van der Waals surface area contributed by atoms with Gasteiger partial charge in [0, 0.05) is 25.3 Å². The second kappa shape index (κ2) is 8.40. The number of anilines is 3. The number of rotatable bonds is 6. The number of hydrogen-bond donors (Lipinski definition) is 3. The van der Waals surface area contributed by atoms with Crippen molar-refractivity contribution in [1.29, 1.82) is 0 Å². The van der Waals surface area contributed by atoms with Gasteiger partial charge in [0.1, 0.15) is 0 Å². The van der Waals surface area contributed by atoms with Crippen LogP contribution in [0.4, 0.5) is 30.6 Å². The van der Waals surface area contributed by atoms with Gasteiger partial charge in [-0.15, -0.1) is 12.4 Å². The fourth-order valence-corrected chi connectivity index (χ4v) is 2.44. The molecular formula is C16H19ClF3N7. The molecule has 0 saturated heterocycles. The number of aryl methyl sites for hydroxylation is 1. The summed E-state index contributed by atoms with van der Waals surface area (Å²) in [5.41, 5.74) is 6.06. The van der Waals surface area contributed by atoms with Crippen LogP contribution in [-0.2, 0) is 12.7 Å². The number of nitrogens with zero attached hydrogens (tertiary/aromatic N) is 4. The van der Waals surface area contributed by atoms with Gasteiger partial charge < -0.3 is 20.9 Å². The predicted octanol–water partition coefficient (Wildman–Crippen LogP) is 3.40. The highest BCUT2D eigenvalue weighted by Gasteiger charge is 2.30. The average Bonchev–Trinajstić information content (AvgIpc) is 3.03. The van der Waals surface area contributed by atoms with Crippen LogP contribution < -0.4 is 16.4 Å². The number of nitrogens with two attached hydrogens (primary N) is 1. The van der Waals surface area contributed by atoms with Crippen molar-refractivity contribution in [3.63, 3.8) is 0 Å². The molecule has 0 fully saturated rings. The molecule has 0 atom stereocenters. The van der Waals surface area contributed by atoms with E-state index >= 15 is 0 Å². The van der Waals surface area contributed by atoms with E-state index in [1.54, 1.807) is 6.33 Å². The molecule has 2 aromatic heterocycles. The van der Waals surface area contributed by atoms with Gasteiger partial charge in [0.15, 0.2) is 17.0 Å². The highest BCUT2D eigenvalue weighted by molar-refractivity contribution is 5.86.